The van der Waals surface area contributed by atoms with Crippen molar-refractivity contribution in [1.29, 1.82) is 0 Å². The Morgan fingerprint density at radius 2 is 2.04 bits per heavy atom. The second-order valence-corrected chi connectivity index (χ2v) is 5.59. The number of aromatic nitrogens is 6. The molecule has 7 nitrogen and oxygen atoms in total. The van der Waals surface area contributed by atoms with Crippen LogP contribution in [0.4, 0.5) is 0 Å². The van der Waals surface area contributed by atoms with E-state index in [0.29, 0.717) is 6.54 Å². The van der Waals surface area contributed by atoms with Crippen molar-refractivity contribution in [3.05, 3.63) is 78.6 Å². The summed E-state index contributed by atoms with van der Waals surface area (Å²) in [5, 5.41) is 14.9. The molecule has 4 aromatic rings. The molecule has 0 unspecified atom stereocenters. The van der Waals surface area contributed by atoms with Crippen LogP contribution in [0.1, 0.15) is 11.1 Å². The Morgan fingerprint density at radius 1 is 1.04 bits per heavy atom. The number of nitrogens with zero attached hydrogens (tertiary/aromatic N) is 5. The van der Waals surface area contributed by atoms with Crippen LogP contribution >= 0.6 is 0 Å². The summed E-state index contributed by atoms with van der Waals surface area (Å²) in [5.41, 5.74) is 4.27. The molecule has 4 aromatic heterocycles. The molecule has 0 aliphatic heterocycles. The van der Waals surface area contributed by atoms with Crippen molar-refractivity contribution in [2.24, 2.45) is 0 Å². The molecule has 7 heteroatoms. The van der Waals surface area contributed by atoms with E-state index in [9.17, 15) is 0 Å². The first-order valence-electron chi connectivity index (χ1n) is 7.98. The summed E-state index contributed by atoms with van der Waals surface area (Å²) >= 11 is 0. The summed E-state index contributed by atoms with van der Waals surface area (Å²) in [5.74, 6) is 0.809. The average Bonchev–Trinajstić information content (AvgIpc) is 3.35. The number of aromatic amines is 1. The van der Waals surface area contributed by atoms with Gasteiger partial charge < -0.3 is 5.32 Å². The zero-order valence-electron chi connectivity index (χ0n) is 13.5. The minimum atomic E-state index is 0.708. The summed E-state index contributed by atoms with van der Waals surface area (Å²) in [6.45, 7) is 1.44. The smallest absolute Gasteiger partial charge is 0.153 e. The number of hydrogen-bond donors (Lipinski definition) is 2. The lowest BCUT2D eigenvalue weighted by molar-refractivity contribution is 0.692. The van der Waals surface area contributed by atoms with Gasteiger partial charge in [-0.1, -0.05) is 0 Å². The van der Waals surface area contributed by atoms with E-state index in [0.717, 1.165) is 34.7 Å². The van der Waals surface area contributed by atoms with Gasteiger partial charge in [0.05, 0.1) is 11.9 Å². The maximum Gasteiger partial charge on any atom is 0.153 e. The van der Waals surface area contributed by atoms with Crippen molar-refractivity contribution in [2.75, 3.05) is 0 Å². The highest BCUT2D eigenvalue weighted by molar-refractivity contribution is 5.61. The SMILES string of the molecule is c1cncc(-c2[nH]ncc2CNCc2ccnc(-n3cccn3)c2)c1. The van der Waals surface area contributed by atoms with Crippen molar-refractivity contribution in [2.45, 2.75) is 13.1 Å². The van der Waals surface area contributed by atoms with Crippen molar-refractivity contribution in [1.82, 2.24) is 35.3 Å². The van der Waals surface area contributed by atoms with Crippen LogP contribution in [-0.2, 0) is 13.1 Å². The molecule has 0 aliphatic carbocycles. The molecule has 0 saturated carbocycles. The number of rotatable bonds is 6. The van der Waals surface area contributed by atoms with Crippen molar-refractivity contribution in [3.63, 3.8) is 0 Å². The fourth-order valence-electron chi connectivity index (χ4n) is 2.65. The molecule has 0 radical (unpaired) electrons. The van der Waals surface area contributed by atoms with Crippen molar-refractivity contribution < 1.29 is 0 Å². The summed E-state index contributed by atoms with van der Waals surface area (Å²) in [6.07, 6.45) is 10.9. The maximum absolute atomic E-state index is 4.34. The normalized spacial score (nSPS) is 10.9. The fourth-order valence-corrected chi connectivity index (χ4v) is 2.65. The van der Waals surface area contributed by atoms with Crippen LogP contribution in [0, 0.1) is 0 Å². The first-order chi connectivity index (χ1) is 12.4. The van der Waals surface area contributed by atoms with Gasteiger partial charge in [0.1, 0.15) is 0 Å². The van der Waals surface area contributed by atoms with Crippen LogP contribution in [-0.4, -0.2) is 29.9 Å². The Morgan fingerprint density at radius 3 is 2.88 bits per heavy atom. The minimum absolute atomic E-state index is 0.708. The molecule has 0 aromatic carbocycles. The van der Waals surface area contributed by atoms with Gasteiger partial charge in [-0.25, -0.2) is 9.67 Å². The Hall–Kier alpha value is -3.32. The van der Waals surface area contributed by atoms with Crippen LogP contribution in [0.25, 0.3) is 17.1 Å². The lowest BCUT2D eigenvalue weighted by atomic mass is 10.1. The third-order valence-electron chi connectivity index (χ3n) is 3.86. The Bertz CT molecular complexity index is 929. The van der Waals surface area contributed by atoms with Gasteiger partial charge in [0.25, 0.3) is 0 Å². The van der Waals surface area contributed by atoms with E-state index in [1.807, 2.05) is 48.9 Å². The van der Waals surface area contributed by atoms with Crippen LogP contribution < -0.4 is 5.32 Å². The minimum Gasteiger partial charge on any atom is -0.308 e. The monoisotopic (exact) mass is 331 g/mol. The van der Waals surface area contributed by atoms with E-state index < -0.39 is 0 Å². The molecular weight excluding hydrogens is 314 g/mol. The molecular formula is C18H17N7. The van der Waals surface area contributed by atoms with E-state index in [4.69, 9.17) is 0 Å². The zero-order chi connectivity index (χ0) is 16.9. The Labute approximate surface area is 144 Å². The molecule has 4 heterocycles. The second kappa shape index (κ2) is 7.06. The van der Waals surface area contributed by atoms with Crippen LogP contribution in [0.15, 0.2) is 67.5 Å². The molecule has 4 rings (SSSR count). The van der Waals surface area contributed by atoms with E-state index in [-0.39, 0.29) is 0 Å². The summed E-state index contributed by atoms with van der Waals surface area (Å²) < 4.78 is 1.75. The molecule has 25 heavy (non-hydrogen) atoms. The summed E-state index contributed by atoms with van der Waals surface area (Å²) in [7, 11) is 0. The summed E-state index contributed by atoms with van der Waals surface area (Å²) in [6, 6.07) is 9.84. The quantitative estimate of drug-likeness (QED) is 0.566. The molecule has 0 saturated heterocycles. The lowest BCUT2D eigenvalue weighted by Gasteiger charge is -2.07. The number of H-pyrrole nitrogens is 1. The van der Waals surface area contributed by atoms with Crippen LogP contribution in [0.2, 0.25) is 0 Å². The van der Waals surface area contributed by atoms with Gasteiger partial charge in [-0.3, -0.25) is 10.1 Å². The molecule has 0 bridgehead atoms. The van der Waals surface area contributed by atoms with Crippen LogP contribution in [0.5, 0.6) is 0 Å². The van der Waals surface area contributed by atoms with Gasteiger partial charge in [-0.2, -0.15) is 10.2 Å². The van der Waals surface area contributed by atoms with Crippen LogP contribution in [0.3, 0.4) is 0 Å². The molecule has 0 aliphatic rings. The fraction of sp³-hybridized carbons (Fsp3) is 0.111. The number of pyridine rings is 2. The maximum atomic E-state index is 4.34. The number of nitrogens with one attached hydrogen (secondary N) is 2. The topological polar surface area (TPSA) is 84.3 Å². The third-order valence-corrected chi connectivity index (χ3v) is 3.86. The Kier molecular flexibility index (Phi) is 4.30. The standard InChI is InChI=1S/C18H17N7/c1-3-15(11-19-5-1)18-16(13-22-24-18)12-20-10-14-4-7-21-17(9-14)25-8-2-6-23-25/h1-9,11,13,20H,10,12H2,(H,22,24). The Balaban J connectivity index is 1.42. The van der Waals surface area contributed by atoms with E-state index >= 15 is 0 Å². The molecule has 0 atom stereocenters. The van der Waals surface area contributed by atoms with E-state index in [2.05, 4.69) is 30.6 Å². The average molecular weight is 331 g/mol. The van der Waals surface area contributed by atoms with Crippen molar-refractivity contribution >= 4 is 0 Å². The van der Waals surface area contributed by atoms with Gasteiger partial charge in [0.2, 0.25) is 0 Å². The van der Waals surface area contributed by atoms with Crippen molar-refractivity contribution in [3.8, 4) is 17.1 Å². The van der Waals surface area contributed by atoms with Gasteiger partial charge in [0, 0.05) is 55.2 Å². The largest absolute Gasteiger partial charge is 0.308 e. The molecule has 2 N–H and O–H groups in total. The molecule has 124 valence electrons. The zero-order valence-corrected chi connectivity index (χ0v) is 13.5. The number of hydrogen-bond acceptors (Lipinski definition) is 5. The predicted octanol–water partition coefficient (Wildman–Crippen LogP) is 2.34. The molecule has 0 fully saturated rings. The van der Waals surface area contributed by atoms with Gasteiger partial charge in [0.15, 0.2) is 5.82 Å². The van der Waals surface area contributed by atoms with E-state index in [1.165, 1.54) is 0 Å². The first kappa shape index (κ1) is 15.2. The second-order valence-electron chi connectivity index (χ2n) is 5.59. The molecule has 0 spiro atoms. The lowest BCUT2D eigenvalue weighted by Crippen LogP contribution is -2.13. The highest BCUT2D eigenvalue weighted by atomic mass is 15.3. The van der Waals surface area contributed by atoms with E-state index in [1.54, 1.807) is 23.3 Å². The first-order valence-corrected chi connectivity index (χ1v) is 7.98. The summed E-state index contributed by atoms with van der Waals surface area (Å²) in [4.78, 5) is 8.50. The third kappa shape index (κ3) is 3.46. The van der Waals surface area contributed by atoms with Gasteiger partial charge >= 0.3 is 0 Å². The van der Waals surface area contributed by atoms with Gasteiger partial charge in [-0.05, 0) is 35.9 Å². The molecule has 0 amide bonds. The highest BCUT2D eigenvalue weighted by Crippen LogP contribution is 2.19. The predicted molar refractivity (Wildman–Crippen MR) is 93.7 cm³/mol. The highest BCUT2D eigenvalue weighted by Gasteiger charge is 2.07. The van der Waals surface area contributed by atoms with Gasteiger partial charge in [-0.15, -0.1) is 0 Å².